The number of aryl methyl sites for hydroxylation is 1. The van der Waals surface area contributed by atoms with E-state index in [1.807, 2.05) is 31.2 Å². The van der Waals surface area contributed by atoms with Crippen molar-refractivity contribution >= 4 is 19.6 Å². The van der Waals surface area contributed by atoms with E-state index in [1.165, 1.54) is 0 Å². The number of unbranched alkanes of at least 4 members (excludes halogenated alkanes) is 1. The van der Waals surface area contributed by atoms with Crippen LogP contribution in [0.2, 0.25) is 0 Å². The number of carbonyl (C=O) groups excluding carboxylic acids is 1. The lowest BCUT2D eigenvalue weighted by Gasteiger charge is -2.07. The minimum atomic E-state index is -2.38. The van der Waals surface area contributed by atoms with Crippen molar-refractivity contribution in [2.24, 2.45) is 0 Å². The van der Waals surface area contributed by atoms with Gasteiger partial charge in [0.05, 0.1) is 0 Å². The van der Waals surface area contributed by atoms with Crippen LogP contribution in [-0.4, -0.2) is 17.0 Å². The van der Waals surface area contributed by atoms with Crippen LogP contribution in [0.25, 0.3) is 0 Å². The first-order chi connectivity index (χ1) is 8.09. The first-order valence-electron chi connectivity index (χ1n) is 5.67. The number of amides is 1. The van der Waals surface area contributed by atoms with Crippen molar-refractivity contribution < 1.29 is 14.3 Å². The van der Waals surface area contributed by atoms with Crippen molar-refractivity contribution in [3.05, 3.63) is 29.8 Å². The Hall–Kier alpha value is -1.12. The van der Waals surface area contributed by atoms with Gasteiger partial charge >= 0.3 is 0 Å². The fourth-order valence-corrected chi connectivity index (χ4v) is 2.04. The molecule has 1 amide bonds. The van der Waals surface area contributed by atoms with Gasteiger partial charge < -0.3 is 10.2 Å². The summed E-state index contributed by atoms with van der Waals surface area (Å²) in [5.74, 6) is -0.0445. The number of para-hydroxylation sites is 1. The molecule has 0 heterocycles. The van der Waals surface area contributed by atoms with E-state index in [0.29, 0.717) is 25.4 Å². The number of hydrogen-bond donors (Lipinski definition) is 2. The lowest BCUT2D eigenvalue weighted by molar-refractivity contribution is -0.116. The van der Waals surface area contributed by atoms with Crippen molar-refractivity contribution in [1.29, 1.82) is 0 Å². The molecule has 94 valence electrons. The molecule has 0 saturated heterocycles. The number of nitrogens with one attached hydrogen (secondary N) is 1. The van der Waals surface area contributed by atoms with E-state index in [1.54, 1.807) is 0 Å². The molecule has 1 unspecified atom stereocenters. The summed E-state index contributed by atoms with van der Waals surface area (Å²) in [4.78, 5) is 20.2. The standard InChI is InChI=1S/C12H18NO3P/c1-10-6-2-3-7-11(10)13-12(14)8-4-5-9-17(15)16/h2-3,6-7,17H,4-5,8-9H2,1H3,(H,13,14)(H,15,16). The van der Waals surface area contributed by atoms with Crippen molar-refractivity contribution in [2.45, 2.75) is 26.2 Å². The maximum Gasteiger partial charge on any atom is 0.224 e. The van der Waals surface area contributed by atoms with Gasteiger partial charge in [0.1, 0.15) is 0 Å². The molecule has 0 radical (unpaired) electrons. The number of carbonyl (C=O) groups is 1. The molecule has 17 heavy (non-hydrogen) atoms. The summed E-state index contributed by atoms with van der Waals surface area (Å²) in [6.45, 7) is 1.94. The Kier molecular flexibility index (Phi) is 5.95. The van der Waals surface area contributed by atoms with Crippen LogP contribution in [0.1, 0.15) is 24.8 Å². The van der Waals surface area contributed by atoms with Gasteiger partial charge in [-0.05, 0) is 31.4 Å². The highest BCUT2D eigenvalue weighted by molar-refractivity contribution is 7.37. The summed E-state index contributed by atoms with van der Waals surface area (Å²) in [5.41, 5.74) is 1.86. The lowest BCUT2D eigenvalue weighted by atomic mass is 10.2. The molecule has 0 fully saturated rings. The summed E-state index contributed by atoms with van der Waals surface area (Å²) in [5, 5.41) is 2.83. The smallest absolute Gasteiger partial charge is 0.224 e. The van der Waals surface area contributed by atoms with Crippen LogP contribution in [0.5, 0.6) is 0 Å². The maximum atomic E-state index is 11.6. The lowest BCUT2D eigenvalue weighted by Crippen LogP contribution is -2.12. The van der Waals surface area contributed by atoms with Crippen molar-refractivity contribution in [1.82, 2.24) is 0 Å². The quantitative estimate of drug-likeness (QED) is 0.606. The second-order valence-electron chi connectivity index (χ2n) is 3.96. The van der Waals surface area contributed by atoms with Crippen LogP contribution in [0.4, 0.5) is 5.69 Å². The summed E-state index contributed by atoms with van der Waals surface area (Å²) in [6.07, 6.45) is 1.97. The Balaban J connectivity index is 2.30. The third-order valence-corrected chi connectivity index (χ3v) is 3.24. The molecule has 0 spiro atoms. The second-order valence-corrected chi connectivity index (χ2v) is 5.25. The maximum absolute atomic E-state index is 11.6. The topological polar surface area (TPSA) is 66.4 Å². The van der Waals surface area contributed by atoms with Crippen LogP contribution < -0.4 is 5.32 Å². The zero-order chi connectivity index (χ0) is 12.7. The summed E-state index contributed by atoms with van der Waals surface area (Å²) < 4.78 is 10.5. The van der Waals surface area contributed by atoms with Crippen molar-refractivity contribution in [2.75, 3.05) is 11.5 Å². The van der Waals surface area contributed by atoms with Gasteiger partial charge in [-0.15, -0.1) is 0 Å². The predicted molar refractivity (Wildman–Crippen MR) is 69.7 cm³/mol. The molecular weight excluding hydrogens is 237 g/mol. The van der Waals surface area contributed by atoms with Gasteiger partial charge in [0.15, 0.2) is 8.03 Å². The second kappa shape index (κ2) is 7.25. The molecule has 4 nitrogen and oxygen atoms in total. The Bertz CT molecular complexity index is 406. The Labute approximate surface area is 102 Å². The van der Waals surface area contributed by atoms with E-state index in [4.69, 9.17) is 4.89 Å². The average molecular weight is 255 g/mol. The average Bonchev–Trinajstić information content (AvgIpc) is 2.27. The first kappa shape index (κ1) is 13.9. The summed E-state index contributed by atoms with van der Waals surface area (Å²) in [6, 6.07) is 7.59. The predicted octanol–water partition coefficient (Wildman–Crippen LogP) is 2.57. The highest BCUT2D eigenvalue weighted by Gasteiger charge is 2.04. The van der Waals surface area contributed by atoms with Crippen LogP contribution in [0.3, 0.4) is 0 Å². The third-order valence-electron chi connectivity index (χ3n) is 2.46. The Morgan fingerprint density at radius 1 is 1.35 bits per heavy atom. The first-order valence-corrected chi connectivity index (χ1v) is 7.23. The molecule has 2 N–H and O–H groups in total. The van der Waals surface area contributed by atoms with Gasteiger partial charge in [0.2, 0.25) is 5.91 Å². The van der Waals surface area contributed by atoms with E-state index in [0.717, 1.165) is 11.3 Å². The molecule has 0 aliphatic carbocycles. The van der Waals surface area contributed by atoms with E-state index >= 15 is 0 Å². The molecule has 0 saturated carbocycles. The monoisotopic (exact) mass is 255 g/mol. The summed E-state index contributed by atoms with van der Waals surface area (Å²) >= 11 is 0. The SMILES string of the molecule is Cc1ccccc1NC(=O)CCCC[PH](=O)O. The molecule has 1 aromatic rings. The molecule has 0 aliphatic rings. The molecule has 1 rings (SSSR count). The van der Waals surface area contributed by atoms with E-state index in [2.05, 4.69) is 5.32 Å². The Morgan fingerprint density at radius 2 is 2.06 bits per heavy atom. The van der Waals surface area contributed by atoms with E-state index in [-0.39, 0.29) is 5.91 Å². The van der Waals surface area contributed by atoms with Gasteiger partial charge in [-0.2, -0.15) is 0 Å². The van der Waals surface area contributed by atoms with Gasteiger partial charge in [0.25, 0.3) is 0 Å². The minimum Gasteiger partial charge on any atom is -0.346 e. The molecule has 0 bridgehead atoms. The molecule has 0 aliphatic heterocycles. The molecule has 0 aromatic heterocycles. The molecule has 5 heteroatoms. The van der Waals surface area contributed by atoms with Crippen molar-refractivity contribution in [3.63, 3.8) is 0 Å². The van der Waals surface area contributed by atoms with Gasteiger partial charge in [0, 0.05) is 18.3 Å². The minimum absolute atomic E-state index is 0.0445. The zero-order valence-electron chi connectivity index (χ0n) is 9.90. The molecular formula is C12H18NO3P. The van der Waals surface area contributed by atoms with E-state index < -0.39 is 8.03 Å². The van der Waals surface area contributed by atoms with Gasteiger partial charge in [-0.3, -0.25) is 9.36 Å². The highest BCUT2D eigenvalue weighted by Crippen LogP contribution is 2.17. The summed E-state index contributed by atoms with van der Waals surface area (Å²) in [7, 11) is -2.38. The molecule has 1 atom stereocenters. The van der Waals surface area contributed by atoms with Gasteiger partial charge in [-0.1, -0.05) is 18.2 Å². The van der Waals surface area contributed by atoms with Crippen LogP contribution in [0.15, 0.2) is 24.3 Å². The largest absolute Gasteiger partial charge is 0.346 e. The van der Waals surface area contributed by atoms with E-state index in [9.17, 15) is 9.36 Å². The van der Waals surface area contributed by atoms with Gasteiger partial charge in [-0.25, -0.2) is 0 Å². The zero-order valence-corrected chi connectivity index (χ0v) is 10.9. The van der Waals surface area contributed by atoms with Crippen LogP contribution in [-0.2, 0) is 9.36 Å². The Morgan fingerprint density at radius 3 is 2.71 bits per heavy atom. The molecule has 1 aromatic carbocycles. The highest BCUT2D eigenvalue weighted by atomic mass is 31.1. The number of hydrogen-bond acceptors (Lipinski definition) is 2. The van der Waals surface area contributed by atoms with Crippen molar-refractivity contribution in [3.8, 4) is 0 Å². The number of rotatable bonds is 6. The van der Waals surface area contributed by atoms with Crippen LogP contribution >= 0.6 is 8.03 Å². The number of benzene rings is 1. The fraction of sp³-hybridized carbons (Fsp3) is 0.417. The number of anilines is 1. The van der Waals surface area contributed by atoms with Crippen LogP contribution in [0, 0.1) is 6.92 Å². The fourth-order valence-electron chi connectivity index (χ4n) is 1.49. The normalized spacial score (nSPS) is 12.1. The third kappa shape index (κ3) is 5.66.